The minimum atomic E-state index is -1.10. The quantitative estimate of drug-likeness (QED) is 0.837. The fourth-order valence-corrected chi connectivity index (χ4v) is 2.42. The minimum absolute atomic E-state index is 0.0283. The molecule has 1 saturated carbocycles. The van der Waals surface area contributed by atoms with Crippen molar-refractivity contribution in [3.05, 3.63) is 47.7 Å². The summed E-state index contributed by atoms with van der Waals surface area (Å²) >= 11 is 0. The number of amides is 1. The molecule has 0 radical (unpaired) electrons. The monoisotopic (exact) mass is 342 g/mol. The molecular weight excluding hydrogens is 324 g/mol. The van der Waals surface area contributed by atoms with E-state index in [1.54, 1.807) is 12.1 Å². The summed E-state index contributed by atoms with van der Waals surface area (Å²) in [5.41, 5.74) is 0.872. The van der Waals surface area contributed by atoms with Crippen LogP contribution in [0.25, 0.3) is 0 Å². The molecule has 1 aliphatic rings. The number of aromatic carboxylic acids is 1. The number of benzene rings is 1. The number of aromatic nitrogens is 1. The second-order valence-corrected chi connectivity index (χ2v) is 5.73. The van der Waals surface area contributed by atoms with Crippen molar-refractivity contribution in [2.24, 2.45) is 0 Å². The van der Waals surface area contributed by atoms with Gasteiger partial charge in [-0.15, -0.1) is 0 Å². The number of carbonyl (C=O) groups excluding carboxylic acids is 1. The molecule has 0 saturated heterocycles. The van der Waals surface area contributed by atoms with Crippen molar-refractivity contribution in [2.45, 2.75) is 25.4 Å². The molecule has 1 amide bonds. The number of anilines is 1. The van der Waals surface area contributed by atoms with Crippen molar-refractivity contribution in [1.82, 2.24) is 4.98 Å². The Hall–Kier alpha value is -3.09. The lowest BCUT2D eigenvalue weighted by molar-refractivity contribution is 0.0693. The average Bonchev–Trinajstić information content (AvgIpc) is 2.58. The molecule has 0 bridgehead atoms. The van der Waals surface area contributed by atoms with Crippen LogP contribution < -0.4 is 14.8 Å². The van der Waals surface area contributed by atoms with E-state index in [-0.39, 0.29) is 23.3 Å². The van der Waals surface area contributed by atoms with Gasteiger partial charge in [-0.25, -0.2) is 9.78 Å². The van der Waals surface area contributed by atoms with Gasteiger partial charge in [-0.2, -0.15) is 0 Å². The number of carbonyl (C=O) groups is 2. The normalized spacial score (nSPS) is 13.6. The summed E-state index contributed by atoms with van der Waals surface area (Å²) in [6, 6.07) is 7.54. The lowest BCUT2D eigenvalue weighted by Gasteiger charge is -2.25. The molecule has 7 heteroatoms. The SMILES string of the molecule is COc1cc(NC(=O)c2ccnc(OC3CCC3)c2)ccc1C(=O)O. The zero-order chi connectivity index (χ0) is 17.8. The predicted molar refractivity (Wildman–Crippen MR) is 90.4 cm³/mol. The van der Waals surface area contributed by atoms with Gasteiger partial charge in [-0.05, 0) is 37.5 Å². The average molecular weight is 342 g/mol. The third-order valence-corrected chi connectivity index (χ3v) is 4.03. The minimum Gasteiger partial charge on any atom is -0.496 e. The van der Waals surface area contributed by atoms with Gasteiger partial charge in [0, 0.05) is 29.6 Å². The Kier molecular flexibility index (Phi) is 4.83. The lowest BCUT2D eigenvalue weighted by atomic mass is 9.96. The number of hydrogen-bond acceptors (Lipinski definition) is 5. The Bertz CT molecular complexity index is 802. The fraction of sp³-hybridized carbons (Fsp3) is 0.278. The summed E-state index contributed by atoms with van der Waals surface area (Å²) in [5.74, 6) is -0.835. The topological polar surface area (TPSA) is 97.8 Å². The molecule has 1 aliphatic carbocycles. The van der Waals surface area contributed by atoms with Gasteiger partial charge in [0.2, 0.25) is 5.88 Å². The molecule has 7 nitrogen and oxygen atoms in total. The van der Waals surface area contributed by atoms with E-state index in [2.05, 4.69) is 10.3 Å². The van der Waals surface area contributed by atoms with E-state index in [0.717, 1.165) is 19.3 Å². The molecule has 1 fully saturated rings. The van der Waals surface area contributed by atoms with Crippen LogP contribution in [0.1, 0.15) is 40.0 Å². The van der Waals surface area contributed by atoms with Crippen LogP contribution in [0.4, 0.5) is 5.69 Å². The lowest BCUT2D eigenvalue weighted by Crippen LogP contribution is -2.25. The van der Waals surface area contributed by atoms with Gasteiger partial charge in [-0.3, -0.25) is 4.79 Å². The Morgan fingerprint density at radius 1 is 1.24 bits per heavy atom. The van der Waals surface area contributed by atoms with Crippen molar-refractivity contribution in [3.8, 4) is 11.6 Å². The molecule has 25 heavy (non-hydrogen) atoms. The fourth-order valence-electron chi connectivity index (χ4n) is 2.42. The standard InChI is InChI=1S/C18H18N2O5/c1-24-15-10-12(5-6-14(15)18(22)23)20-17(21)11-7-8-19-16(9-11)25-13-3-2-4-13/h5-10,13H,2-4H2,1H3,(H,20,21)(H,22,23). The highest BCUT2D eigenvalue weighted by atomic mass is 16.5. The van der Waals surface area contributed by atoms with Gasteiger partial charge in [0.05, 0.1) is 7.11 Å². The Balaban J connectivity index is 1.73. The number of carboxylic acid groups (broad SMARTS) is 1. The third-order valence-electron chi connectivity index (χ3n) is 4.03. The van der Waals surface area contributed by atoms with Gasteiger partial charge in [-0.1, -0.05) is 0 Å². The summed E-state index contributed by atoms with van der Waals surface area (Å²) in [7, 11) is 1.38. The molecule has 1 aromatic heterocycles. The van der Waals surface area contributed by atoms with E-state index >= 15 is 0 Å². The summed E-state index contributed by atoms with van der Waals surface area (Å²) in [5, 5.41) is 11.8. The summed E-state index contributed by atoms with van der Waals surface area (Å²) in [6.07, 6.45) is 4.87. The summed E-state index contributed by atoms with van der Waals surface area (Å²) < 4.78 is 10.7. The van der Waals surface area contributed by atoms with E-state index in [0.29, 0.717) is 17.1 Å². The largest absolute Gasteiger partial charge is 0.496 e. The number of rotatable bonds is 6. The number of pyridine rings is 1. The van der Waals surface area contributed by atoms with Crippen molar-refractivity contribution in [1.29, 1.82) is 0 Å². The first-order chi connectivity index (χ1) is 12.1. The zero-order valence-electron chi connectivity index (χ0n) is 13.7. The molecule has 0 unspecified atom stereocenters. The Labute approximate surface area is 144 Å². The van der Waals surface area contributed by atoms with Crippen molar-refractivity contribution >= 4 is 17.6 Å². The van der Waals surface area contributed by atoms with Crippen LogP contribution in [0.3, 0.4) is 0 Å². The highest BCUT2D eigenvalue weighted by molar-refractivity contribution is 6.04. The Morgan fingerprint density at radius 2 is 2.04 bits per heavy atom. The van der Waals surface area contributed by atoms with Gasteiger partial charge in [0.1, 0.15) is 17.4 Å². The highest BCUT2D eigenvalue weighted by Crippen LogP contribution is 2.25. The number of carboxylic acids is 1. The maximum atomic E-state index is 12.4. The predicted octanol–water partition coefficient (Wildman–Crippen LogP) is 2.97. The maximum absolute atomic E-state index is 12.4. The molecule has 0 atom stereocenters. The molecule has 130 valence electrons. The van der Waals surface area contributed by atoms with Crippen molar-refractivity contribution < 1.29 is 24.2 Å². The van der Waals surface area contributed by atoms with Crippen LogP contribution in [0, 0.1) is 0 Å². The van der Waals surface area contributed by atoms with Crippen LogP contribution >= 0.6 is 0 Å². The zero-order valence-corrected chi connectivity index (χ0v) is 13.7. The number of methoxy groups -OCH3 is 1. The first kappa shape index (κ1) is 16.8. The van der Waals surface area contributed by atoms with Crippen LogP contribution in [0.15, 0.2) is 36.5 Å². The molecule has 0 aliphatic heterocycles. The van der Waals surface area contributed by atoms with Crippen LogP contribution in [0.5, 0.6) is 11.6 Å². The second kappa shape index (κ2) is 7.21. The molecule has 3 rings (SSSR count). The van der Waals surface area contributed by atoms with Crippen molar-refractivity contribution in [2.75, 3.05) is 12.4 Å². The number of nitrogens with one attached hydrogen (secondary N) is 1. The Morgan fingerprint density at radius 3 is 2.68 bits per heavy atom. The van der Waals surface area contributed by atoms with E-state index in [1.165, 1.54) is 31.5 Å². The first-order valence-corrected chi connectivity index (χ1v) is 7.92. The molecule has 2 N–H and O–H groups in total. The van der Waals surface area contributed by atoms with Gasteiger partial charge >= 0.3 is 5.97 Å². The number of hydrogen-bond donors (Lipinski definition) is 2. The highest BCUT2D eigenvalue weighted by Gasteiger charge is 2.20. The number of ether oxygens (including phenoxy) is 2. The summed E-state index contributed by atoms with van der Waals surface area (Å²) in [6.45, 7) is 0. The van der Waals surface area contributed by atoms with E-state index in [4.69, 9.17) is 14.6 Å². The maximum Gasteiger partial charge on any atom is 0.339 e. The van der Waals surface area contributed by atoms with Crippen LogP contribution in [-0.4, -0.2) is 35.2 Å². The van der Waals surface area contributed by atoms with Crippen LogP contribution in [-0.2, 0) is 0 Å². The van der Waals surface area contributed by atoms with Crippen molar-refractivity contribution in [3.63, 3.8) is 0 Å². The van der Waals surface area contributed by atoms with E-state index in [9.17, 15) is 9.59 Å². The molecule has 0 spiro atoms. The molecule has 2 aromatic rings. The van der Waals surface area contributed by atoms with Gasteiger partial charge < -0.3 is 19.9 Å². The molecule has 1 heterocycles. The first-order valence-electron chi connectivity index (χ1n) is 7.92. The smallest absolute Gasteiger partial charge is 0.339 e. The molecular formula is C18H18N2O5. The second-order valence-electron chi connectivity index (χ2n) is 5.73. The van der Waals surface area contributed by atoms with E-state index in [1.807, 2.05) is 0 Å². The third kappa shape index (κ3) is 3.88. The van der Waals surface area contributed by atoms with Gasteiger partial charge in [0.15, 0.2) is 0 Å². The number of nitrogens with zero attached hydrogens (tertiary/aromatic N) is 1. The summed E-state index contributed by atoms with van der Waals surface area (Å²) in [4.78, 5) is 27.6. The van der Waals surface area contributed by atoms with Crippen LogP contribution in [0.2, 0.25) is 0 Å². The van der Waals surface area contributed by atoms with Gasteiger partial charge in [0.25, 0.3) is 5.91 Å². The molecule has 1 aromatic carbocycles. The van der Waals surface area contributed by atoms with E-state index < -0.39 is 5.97 Å².